The van der Waals surface area contributed by atoms with Gasteiger partial charge in [-0.3, -0.25) is 4.90 Å². The summed E-state index contributed by atoms with van der Waals surface area (Å²) in [5.74, 6) is -1.22. The minimum absolute atomic E-state index is 0.138. The second-order valence-electron chi connectivity index (χ2n) is 7.82. The fourth-order valence-electron chi connectivity index (χ4n) is 2.10. The highest BCUT2D eigenvalue weighted by atomic mass is 16.6. The molecule has 0 saturated carbocycles. The molecule has 0 saturated heterocycles. The molecule has 1 unspecified atom stereocenters. The standard InChI is InChI=1S/C19H29NO6/c1-12(2)24-15(21)14-9-10-19(8,16(22)25-13(3)4)20(11-14)17(23)26-18(5,6)7/h9-13H,1-8H3. The van der Waals surface area contributed by atoms with Crippen molar-refractivity contribution in [2.45, 2.75) is 78.7 Å². The van der Waals surface area contributed by atoms with E-state index in [1.54, 1.807) is 48.5 Å². The van der Waals surface area contributed by atoms with Gasteiger partial charge in [0.25, 0.3) is 0 Å². The first kappa shape index (κ1) is 21.7. The van der Waals surface area contributed by atoms with Gasteiger partial charge in [0.2, 0.25) is 0 Å². The minimum atomic E-state index is -1.44. The Kier molecular flexibility index (Phi) is 6.63. The molecule has 26 heavy (non-hydrogen) atoms. The van der Waals surface area contributed by atoms with Crippen molar-refractivity contribution in [3.8, 4) is 0 Å². The molecule has 1 atom stereocenters. The summed E-state index contributed by atoms with van der Waals surface area (Å²) in [6, 6.07) is 0. The minimum Gasteiger partial charge on any atom is -0.461 e. The Bertz CT molecular complexity index is 626. The zero-order valence-corrected chi connectivity index (χ0v) is 16.8. The smallest absolute Gasteiger partial charge is 0.415 e. The Labute approximate surface area is 155 Å². The molecule has 0 radical (unpaired) electrons. The summed E-state index contributed by atoms with van der Waals surface area (Å²) in [4.78, 5) is 38.5. The highest BCUT2D eigenvalue weighted by molar-refractivity contribution is 5.96. The normalized spacial score (nSPS) is 20.1. The molecule has 1 rings (SSSR count). The van der Waals surface area contributed by atoms with E-state index in [9.17, 15) is 14.4 Å². The van der Waals surface area contributed by atoms with Crippen LogP contribution in [0.3, 0.4) is 0 Å². The molecule has 0 aromatic carbocycles. The SMILES string of the molecule is CC(C)OC(=O)C1=CN(C(=O)OC(C)(C)C)C(C)(C(=O)OC(C)C)C=C1. The number of esters is 2. The Morgan fingerprint density at radius 3 is 2.04 bits per heavy atom. The summed E-state index contributed by atoms with van der Waals surface area (Å²) in [5.41, 5.74) is -2.07. The number of hydrogen-bond donors (Lipinski definition) is 0. The van der Waals surface area contributed by atoms with E-state index in [-0.39, 0.29) is 17.8 Å². The largest absolute Gasteiger partial charge is 0.461 e. The maximum absolute atomic E-state index is 12.7. The van der Waals surface area contributed by atoms with Gasteiger partial charge in [0.05, 0.1) is 17.8 Å². The second-order valence-corrected chi connectivity index (χ2v) is 7.82. The van der Waals surface area contributed by atoms with Crippen molar-refractivity contribution in [3.63, 3.8) is 0 Å². The highest BCUT2D eigenvalue weighted by Crippen LogP contribution is 2.29. The Morgan fingerprint density at radius 1 is 1.04 bits per heavy atom. The zero-order chi connectivity index (χ0) is 20.3. The van der Waals surface area contributed by atoms with Gasteiger partial charge >= 0.3 is 18.0 Å². The van der Waals surface area contributed by atoms with Gasteiger partial charge in [-0.2, -0.15) is 0 Å². The lowest BCUT2D eigenvalue weighted by Gasteiger charge is -2.38. The van der Waals surface area contributed by atoms with Gasteiger partial charge in [0.1, 0.15) is 5.60 Å². The van der Waals surface area contributed by atoms with Crippen molar-refractivity contribution in [2.75, 3.05) is 0 Å². The van der Waals surface area contributed by atoms with Crippen LogP contribution in [0.4, 0.5) is 4.79 Å². The maximum atomic E-state index is 12.7. The molecule has 0 fully saturated rings. The van der Waals surface area contributed by atoms with Crippen LogP contribution in [0.1, 0.15) is 55.4 Å². The quantitative estimate of drug-likeness (QED) is 0.560. The van der Waals surface area contributed by atoms with Crippen LogP contribution in [0.5, 0.6) is 0 Å². The van der Waals surface area contributed by atoms with Crippen molar-refractivity contribution in [1.29, 1.82) is 0 Å². The van der Waals surface area contributed by atoms with Crippen LogP contribution in [-0.2, 0) is 23.8 Å². The zero-order valence-electron chi connectivity index (χ0n) is 16.8. The van der Waals surface area contributed by atoms with Crippen molar-refractivity contribution in [3.05, 3.63) is 23.9 Å². The predicted molar refractivity (Wildman–Crippen MR) is 96.2 cm³/mol. The Hall–Kier alpha value is -2.31. The predicted octanol–water partition coefficient (Wildman–Crippen LogP) is 3.34. The number of carbonyl (C=O) groups is 3. The molecule has 0 bridgehead atoms. The fourth-order valence-corrected chi connectivity index (χ4v) is 2.10. The molecule has 1 aliphatic heterocycles. The van der Waals surface area contributed by atoms with E-state index in [1.165, 1.54) is 25.3 Å². The molecule has 0 aliphatic carbocycles. The number of amides is 1. The van der Waals surface area contributed by atoms with Crippen molar-refractivity contribution >= 4 is 18.0 Å². The van der Waals surface area contributed by atoms with Gasteiger partial charge in [-0.25, -0.2) is 14.4 Å². The third kappa shape index (κ3) is 5.61. The van der Waals surface area contributed by atoms with Crippen LogP contribution in [0, 0.1) is 0 Å². The summed E-state index contributed by atoms with van der Waals surface area (Å²) >= 11 is 0. The first-order valence-corrected chi connectivity index (χ1v) is 8.61. The van der Waals surface area contributed by atoms with Gasteiger partial charge < -0.3 is 14.2 Å². The topological polar surface area (TPSA) is 82.1 Å². The third-order valence-corrected chi connectivity index (χ3v) is 3.28. The molecule has 1 aliphatic rings. The summed E-state index contributed by atoms with van der Waals surface area (Å²) < 4.78 is 15.8. The molecule has 0 N–H and O–H groups in total. The van der Waals surface area contributed by atoms with Crippen LogP contribution in [0.2, 0.25) is 0 Å². The third-order valence-electron chi connectivity index (χ3n) is 3.28. The number of ether oxygens (including phenoxy) is 3. The second kappa shape index (κ2) is 7.93. The van der Waals surface area contributed by atoms with Gasteiger partial charge in [-0.1, -0.05) is 0 Å². The first-order valence-electron chi connectivity index (χ1n) is 8.61. The molecule has 0 aromatic rings. The Balaban J connectivity index is 3.25. The molecular weight excluding hydrogens is 338 g/mol. The first-order chi connectivity index (χ1) is 11.8. The van der Waals surface area contributed by atoms with Crippen LogP contribution in [-0.4, -0.2) is 46.3 Å². The number of nitrogens with zero attached hydrogens (tertiary/aromatic N) is 1. The summed E-state index contributed by atoms with van der Waals surface area (Å²) in [6.07, 6.45) is 2.72. The molecule has 1 amide bonds. The summed E-state index contributed by atoms with van der Waals surface area (Å²) in [6.45, 7) is 13.5. The van der Waals surface area contributed by atoms with Crippen LogP contribution in [0.25, 0.3) is 0 Å². The molecule has 0 spiro atoms. The average Bonchev–Trinajstić information content (AvgIpc) is 2.44. The van der Waals surface area contributed by atoms with Gasteiger partial charge in [-0.05, 0) is 67.5 Å². The lowest BCUT2D eigenvalue weighted by Crippen LogP contribution is -2.54. The molecule has 146 valence electrons. The number of hydrogen-bond acceptors (Lipinski definition) is 6. The Morgan fingerprint density at radius 2 is 1.58 bits per heavy atom. The van der Waals surface area contributed by atoms with Gasteiger partial charge in [0, 0.05) is 6.20 Å². The van der Waals surface area contributed by atoms with Crippen molar-refractivity contribution < 1.29 is 28.6 Å². The fraction of sp³-hybridized carbons (Fsp3) is 0.632. The lowest BCUT2D eigenvalue weighted by atomic mass is 9.95. The lowest BCUT2D eigenvalue weighted by molar-refractivity contribution is -0.156. The maximum Gasteiger partial charge on any atom is 0.415 e. The van der Waals surface area contributed by atoms with E-state index in [4.69, 9.17) is 14.2 Å². The highest BCUT2D eigenvalue weighted by Gasteiger charge is 2.45. The molecular formula is C19H29NO6. The van der Waals surface area contributed by atoms with Crippen LogP contribution >= 0.6 is 0 Å². The van der Waals surface area contributed by atoms with Crippen LogP contribution in [0.15, 0.2) is 23.9 Å². The van der Waals surface area contributed by atoms with E-state index >= 15 is 0 Å². The van der Waals surface area contributed by atoms with E-state index in [2.05, 4.69) is 0 Å². The van der Waals surface area contributed by atoms with Gasteiger partial charge in [0.15, 0.2) is 5.54 Å². The summed E-state index contributed by atoms with van der Waals surface area (Å²) in [7, 11) is 0. The van der Waals surface area contributed by atoms with Crippen molar-refractivity contribution in [1.82, 2.24) is 4.90 Å². The summed E-state index contributed by atoms with van der Waals surface area (Å²) in [5, 5.41) is 0. The van der Waals surface area contributed by atoms with Crippen molar-refractivity contribution in [2.24, 2.45) is 0 Å². The number of rotatable bonds is 4. The number of carbonyl (C=O) groups excluding carboxylic acids is 3. The monoisotopic (exact) mass is 367 g/mol. The van der Waals surface area contributed by atoms with E-state index in [1.807, 2.05) is 0 Å². The van der Waals surface area contributed by atoms with Gasteiger partial charge in [-0.15, -0.1) is 0 Å². The molecule has 1 heterocycles. The van der Waals surface area contributed by atoms with E-state index in [0.717, 1.165) is 4.90 Å². The van der Waals surface area contributed by atoms with E-state index in [0.29, 0.717) is 0 Å². The molecule has 7 nitrogen and oxygen atoms in total. The molecule has 0 aromatic heterocycles. The molecule has 7 heteroatoms. The average molecular weight is 367 g/mol. The van der Waals surface area contributed by atoms with Crippen LogP contribution < -0.4 is 0 Å². The van der Waals surface area contributed by atoms with E-state index < -0.39 is 29.2 Å².